The summed E-state index contributed by atoms with van der Waals surface area (Å²) in [6, 6.07) is 0. The van der Waals surface area contributed by atoms with Crippen LogP contribution in [0.25, 0.3) is 0 Å². The van der Waals surface area contributed by atoms with Crippen molar-refractivity contribution in [2.45, 2.75) is 64.6 Å². The second-order valence-electron chi connectivity index (χ2n) is 8.37. The van der Waals surface area contributed by atoms with Crippen molar-refractivity contribution in [3.63, 3.8) is 0 Å². The summed E-state index contributed by atoms with van der Waals surface area (Å²) in [4.78, 5) is 2.55. The molecular weight excluding hydrogens is 314 g/mol. The van der Waals surface area contributed by atoms with E-state index in [1.807, 2.05) is 6.20 Å². The van der Waals surface area contributed by atoms with Crippen LogP contribution in [0.1, 0.15) is 62.4 Å². The van der Waals surface area contributed by atoms with E-state index in [1.165, 1.54) is 17.1 Å². The summed E-state index contributed by atoms with van der Waals surface area (Å²) in [6.07, 6.45) is 4.32. The van der Waals surface area contributed by atoms with Crippen molar-refractivity contribution in [1.82, 2.24) is 35.2 Å². The number of aromatic amines is 1. The largest absolute Gasteiger partial charge is 0.312 e. The average Bonchev–Trinajstić information content (AvgIpc) is 3.22. The molecule has 2 aromatic rings. The number of nitrogens with one attached hydrogen (secondary N) is 2. The predicted molar refractivity (Wildman–Crippen MR) is 96.3 cm³/mol. The third kappa shape index (κ3) is 3.35. The first kappa shape index (κ1) is 16.7. The summed E-state index contributed by atoms with van der Waals surface area (Å²) >= 11 is 0. The minimum absolute atomic E-state index is 0.110. The molecule has 2 aromatic heterocycles. The Hall–Kier alpha value is -1.73. The molecule has 136 valence electrons. The molecule has 0 aliphatic carbocycles. The molecular formula is C18H29N7. The molecule has 2 aliphatic rings. The third-order valence-corrected chi connectivity index (χ3v) is 5.47. The molecule has 4 rings (SSSR count). The molecule has 0 saturated carbocycles. The Morgan fingerprint density at radius 2 is 1.96 bits per heavy atom. The fourth-order valence-electron chi connectivity index (χ4n) is 4.09. The molecule has 0 aromatic carbocycles. The Balaban J connectivity index is 1.39. The Bertz CT molecular complexity index is 716. The molecule has 7 heteroatoms. The van der Waals surface area contributed by atoms with Gasteiger partial charge in [-0.05, 0) is 25.9 Å². The van der Waals surface area contributed by atoms with Gasteiger partial charge in [-0.1, -0.05) is 20.8 Å². The average molecular weight is 343 g/mol. The molecule has 0 radical (unpaired) electrons. The van der Waals surface area contributed by atoms with Crippen LogP contribution in [-0.4, -0.2) is 49.5 Å². The number of fused-ring (bicyclic) bond motifs is 1. The topological polar surface area (TPSA) is 74.7 Å². The van der Waals surface area contributed by atoms with Gasteiger partial charge in [0.1, 0.15) is 11.6 Å². The van der Waals surface area contributed by atoms with Crippen molar-refractivity contribution < 1.29 is 0 Å². The Morgan fingerprint density at radius 1 is 1.16 bits per heavy atom. The van der Waals surface area contributed by atoms with Crippen LogP contribution >= 0.6 is 0 Å². The van der Waals surface area contributed by atoms with Crippen LogP contribution in [0, 0.1) is 0 Å². The van der Waals surface area contributed by atoms with Gasteiger partial charge in [-0.25, -0.2) is 0 Å². The van der Waals surface area contributed by atoms with Crippen LogP contribution in [0.15, 0.2) is 6.20 Å². The molecule has 25 heavy (non-hydrogen) atoms. The molecule has 4 heterocycles. The number of nitrogens with zero attached hydrogens (tertiary/aromatic N) is 5. The zero-order valence-corrected chi connectivity index (χ0v) is 15.5. The number of piperidine rings is 1. The van der Waals surface area contributed by atoms with Crippen LogP contribution in [0.2, 0.25) is 0 Å². The highest BCUT2D eigenvalue weighted by atomic mass is 15.3. The van der Waals surface area contributed by atoms with Crippen molar-refractivity contribution >= 4 is 0 Å². The van der Waals surface area contributed by atoms with Crippen LogP contribution < -0.4 is 5.32 Å². The van der Waals surface area contributed by atoms with E-state index in [2.05, 4.69) is 55.9 Å². The van der Waals surface area contributed by atoms with E-state index in [-0.39, 0.29) is 5.41 Å². The smallest absolute Gasteiger partial charge is 0.147 e. The van der Waals surface area contributed by atoms with E-state index >= 15 is 0 Å². The maximum absolute atomic E-state index is 4.51. The lowest BCUT2D eigenvalue weighted by molar-refractivity contribution is 0.198. The summed E-state index contributed by atoms with van der Waals surface area (Å²) in [7, 11) is 0. The molecule has 0 unspecified atom stereocenters. The molecule has 0 atom stereocenters. The van der Waals surface area contributed by atoms with Crippen molar-refractivity contribution in [2.24, 2.45) is 0 Å². The van der Waals surface area contributed by atoms with Crippen LogP contribution in [0.5, 0.6) is 0 Å². The number of hydrogen-bond donors (Lipinski definition) is 2. The maximum Gasteiger partial charge on any atom is 0.147 e. The van der Waals surface area contributed by atoms with E-state index in [4.69, 9.17) is 0 Å². The fraction of sp³-hybridized carbons (Fsp3) is 0.722. The fourth-order valence-corrected chi connectivity index (χ4v) is 4.09. The highest BCUT2D eigenvalue weighted by molar-refractivity contribution is 5.23. The summed E-state index contributed by atoms with van der Waals surface area (Å²) in [5.41, 5.74) is 2.70. The van der Waals surface area contributed by atoms with Crippen molar-refractivity contribution in [3.05, 3.63) is 29.1 Å². The maximum atomic E-state index is 4.51. The predicted octanol–water partition coefficient (Wildman–Crippen LogP) is 1.78. The van der Waals surface area contributed by atoms with E-state index in [1.54, 1.807) is 0 Å². The zero-order valence-electron chi connectivity index (χ0n) is 15.5. The zero-order chi connectivity index (χ0) is 17.4. The number of rotatable bonds is 3. The Kier molecular flexibility index (Phi) is 4.37. The molecule has 1 fully saturated rings. The van der Waals surface area contributed by atoms with Gasteiger partial charge in [0.2, 0.25) is 0 Å². The first-order valence-corrected chi connectivity index (χ1v) is 9.40. The van der Waals surface area contributed by atoms with Crippen LogP contribution in [-0.2, 0) is 25.0 Å². The van der Waals surface area contributed by atoms with Gasteiger partial charge in [0.15, 0.2) is 0 Å². The Morgan fingerprint density at radius 3 is 2.72 bits per heavy atom. The summed E-state index contributed by atoms with van der Waals surface area (Å²) < 4.78 is 2.34. The lowest BCUT2D eigenvalue weighted by atomic mass is 9.89. The molecule has 0 bridgehead atoms. The highest BCUT2D eigenvalue weighted by Crippen LogP contribution is 2.30. The molecule has 7 nitrogen and oxygen atoms in total. The first-order chi connectivity index (χ1) is 12.0. The highest BCUT2D eigenvalue weighted by Gasteiger charge is 2.28. The van der Waals surface area contributed by atoms with E-state index < -0.39 is 0 Å². The molecule has 1 saturated heterocycles. The summed E-state index contributed by atoms with van der Waals surface area (Å²) in [5.74, 6) is 2.84. The standard InChI is InChI=1S/C18H29N7/c1-18(2,3)16-14(10-20-22-16)12-24-7-4-13(5-8-24)17-23-21-15-11-19-6-9-25(15)17/h10,13,19H,4-9,11-12H2,1-3H3,(H,20,22). The summed E-state index contributed by atoms with van der Waals surface area (Å²) in [5, 5.41) is 19.7. The third-order valence-electron chi connectivity index (χ3n) is 5.47. The molecule has 0 amide bonds. The first-order valence-electron chi connectivity index (χ1n) is 9.40. The van der Waals surface area contributed by atoms with E-state index in [9.17, 15) is 0 Å². The Labute approximate surface area is 149 Å². The monoisotopic (exact) mass is 343 g/mol. The van der Waals surface area contributed by atoms with Gasteiger partial charge in [0.05, 0.1) is 12.7 Å². The van der Waals surface area contributed by atoms with Gasteiger partial charge in [-0.15, -0.1) is 10.2 Å². The lowest BCUT2D eigenvalue weighted by Crippen LogP contribution is -2.35. The van der Waals surface area contributed by atoms with Gasteiger partial charge < -0.3 is 9.88 Å². The normalized spacial score (nSPS) is 20.0. The van der Waals surface area contributed by atoms with Crippen LogP contribution in [0.3, 0.4) is 0 Å². The second kappa shape index (κ2) is 6.53. The summed E-state index contributed by atoms with van der Waals surface area (Å²) in [6.45, 7) is 12.8. The van der Waals surface area contributed by atoms with E-state index in [0.717, 1.165) is 57.9 Å². The minimum Gasteiger partial charge on any atom is -0.312 e. The SMILES string of the molecule is CC(C)(C)c1[nH]ncc1CN1CCC(c2nnc3n2CCNC3)CC1. The molecule has 2 N–H and O–H groups in total. The second-order valence-corrected chi connectivity index (χ2v) is 8.37. The number of aromatic nitrogens is 5. The van der Waals surface area contributed by atoms with E-state index in [0.29, 0.717) is 5.92 Å². The van der Waals surface area contributed by atoms with Crippen molar-refractivity contribution in [3.8, 4) is 0 Å². The van der Waals surface area contributed by atoms with Crippen molar-refractivity contribution in [1.29, 1.82) is 0 Å². The van der Waals surface area contributed by atoms with Gasteiger partial charge in [0, 0.05) is 42.2 Å². The minimum atomic E-state index is 0.110. The molecule has 0 spiro atoms. The molecule has 2 aliphatic heterocycles. The van der Waals surface area contributed by atoms with Crippen molar-refractivity contribution in [2.75, 3.05) is 19.6 Å². The quantitative estimate of drug-likeness (QED) is 0.889. The van der Waals surface area contributed by atoms with Gasteiger partial charge in [-0.2, -0.15) is 5.10 Å². The lowest BCUT2D eigenvalue weighted by Gasteiger charge is -2.32. The van der Waals surface area contributed by atoms with Crippen LogP contribution in [0.4, 0.5) is 0 Å². The van der Waals surface area contributed by atoms with Gasteiger partial charge in [0.25, 0.3) is 0 Å². The van der Waals surface area contributed by atoms with Gasteiger partial charge in [-0.3, -0.25) is 10.00 Å². The number of H-pyrrole nitrogens is 1. The number of likely N-dealkylation sites (tertiary alicyclic amines) is 1. The number of hydrogen-bond acceptors (Lipinski definition) is 5. The van der Waals surface area contributed by atoms with Gasteiger partial charge >= 0.3 is 0 Å².